The Bertz CT molecular complexity index is 935. The molecule has 5 atom stereocenters. The molecule has 0 aliphatic rings. The molecule has 0 saturated heterocycles. The van der Waals surface area contributed by atoms with E-state index >= 15 is 0 Å². The molecule has 0 aliphatic heterocycles. The molecule has 1 aromatic carbocycles. The Kier molecular flexibility index (Phi) is 11.8. The van der Waals surface area contributed by atoms with Gasteiger partial charge in [-0.05, 0) is 37.0 Å². The van der Waals surface area contributed by atoms with E-state index in [4.69, 9.17) is 11.5 Å². The number of nitrogens with one attached hydrogen (secondary N) is 3. The van der Waals surface area contributed by atoms with Gasteiger partial charge in [0.2, 0.25) is 23.6 Å². The van der Waals surface area contributed by atoms with Gasteiger partial charge in [-0.2, -0.15) is 0 Å². The fourth-order valence-corrected chi connectivity index (χ4v) is 3.11. The van der Waals surface area contributed by atoms with Gasteiger partial charge in [-0.3, -0.25) is 19.2 Å². The highest BCUT2D eigenvalue weighted by molar-refractivity contribution is 5.94. The smallest absolute Gasteiger partial charge is 0.326 e. The van der Waals surface area contributed by atoms with E-state index in [1.54, 1.807) is 13.8 Å². The molecule has 13 nitrogen and oxygen atoms in total. The molecule has 5 unspecified atom stereocenters. The molecule has 10 N–H and O–H groups in total. The number of hydrogen-bond donors (Lipinski definition) is 8. The van der Waals surface area contributed by atoms with Gasteiger partial charge in [-0.25, -0.2) is 4.79 Å². The lowest BCUT2D eigenvalue weighted by Crippen LogP contribution is -2.60. The number of phenolic OH excluding ortho intramolecular Hbond substituents is 1. The molecule has 0 aliphatic carbocycles. The molecular formula is C23H35N5O8. The number of carboxylic acids is 1. The molecule has 0 saturated carbocycles. The van der Waals surface area contributed by atoms with E-state index in [1.807, 2.05) is 0 Å². The Balaban J connectivity index is 3.03. The topological polar surface area (TPSA) is 234 Å². The van der Waals surface area contributed by atoms with E-state index in [1.165, 1.54) is 31.2 Å². The van der Waals surface area contributed by atoms with Crippen LogP contribution in [0.1, 0.15) is 39.2 Å². The number of hydrogen-bond acceptors (Lipinski definition) is 8. The number of aromatic hydroxyl groups is 1. The van der Waals surface area contributed by atoms with Crippen molar-refractivity contribution in [3.05, 3.63) is 29.8 Å². The molecule has 36 heavy (non-hydrogen) atoms. The van der Waals surface area contributed by atoms with Gasteiger partial charge in [0.15, 0.2) is 0 Å². The molecule has 0 heterocycles. The predicted octanol–water partition coefficient (Wildman–Crippen LogP) is -1.90. The van der Waals surface area contributed by atoms with Gasteiger partial charge in [0.1, 0.15) is 23.9 Å². The molecule has 0 radical (unpaired) electrons. The highest BCUT2D eigenvalue weighted by Gasteiger charge is 2.33. The Labute approximate surface area is 208 Å². The molecule has 200 valence electrons. The van der Waals surface area contributed by atoms with Crippen molar-refractivity contribution < 1.29 is 39.3 Å². The average Bonchev–Trinajstić information content (AvgIpc) is 2.79. The monoisotopic (exact) mass is 509 g/mol. The number of carbonyl (C=O) groups is 5. The Morgan fingerprint density at radius 1 is 0.889 bits per heavy atom. The van der Waals surface area contributed by atoms with Crippen molar-refractivity contribution in [1.29, 1.82) is 0 Å². The van der Waals surface area contributed by atoms with Crippen LogP contribution in [0.2, 0.25) is 0 Å². The first-order valence-electron chi connectivity index (χ1n) is 11.4. The Morgan fingerprint density at radius 2 is 1.44 bits per heavy atom. The van der Waals surface area contributed by atoms with Gasteiger partial charge in [0.05, 0.1) is 12.1 Å². The van der Waals surface area contributed by atoms with Crippen LogP contribution in [-0.4, -0.2) is 75.2 Å². The summed E-state index contributed by atoms with van der Waals surface area (Å²) in [5, 5.41) is 36.0. The summed E-state index contributed by atoms with van der Waals surface area (Å²) >= 11 is 0. The average molecular weight is 510 g/mol. The third kappa shape index (κ3) is 9.88. The van der Waals surface area contributed by atoms with Gasteiger partial charge in [0, 0.05) is 12.8 Å². The lowest BCUT2D eigenvalue weighted by Gasteiger charge is -2.27. The Hall–Kier alpha value is -3.71. The van der Waals surface area contributed by atoms with Gasteiger partial charge >= 0.3 is 5.97 Å². The summed E-state index contributed by atoms with van der Waals surface area (Å²) in [5.74, 6) is -4.92. The maximum atomic E-state index is 12.9. The number of benzene rings is 1. The van der Waals surface area contributed by atoms with Crippen LogP contribution >= 0.6 is 0 Å². The number of aliphatic carboxylic acids is 1. The molecular weight excluding hydrogens is 474 g/mol. The highest BCUT2D eigenvalue weighted by Crippen LogP contribution is 2.12. The SMILES string of the molecule is CC(C)C(N)C(=O)NC(C(=O)NC(CCC(N)=O)C(=O)NC(Cc1ccc(O)cc1)C(=O)O)C(C)O. The molecule has 1 rings (SSSR count). The predicted molar refractivity (Wildman–Crippen MR) is 128 cm³/mol. The summed E-state index contributed by atoms with van der Waals surface area (Å²) in [6.07, 6.45) is -2.06. The minimum atomic E-state index is -1.47. The van der Waals surface area contributed by atoms with Crippen LogP contribution in [0.4, 0.5) is 0 Å². The number of primary amides is 1. The number of nitrogens with two attached hydrogens (primary N) is 2. The van der Waals surface area contributed by atoms with Crippen LogP contribution < -0.4 is 27.4 Å². The molecule has 4 amide bonds. The molecule has 0 aromatic heterocycles. The maximum Gasteiger partial charge on any atom is 0.326 e. The lowest BCUT2D eigenvalue weighted by molar-refractivity contribution is -0.142. The van der Waals surface area contributed by atoms with Crippen LogP contribution in [0.3, 0.4) is 0 Å². The number of amides is 4. The number of carbonyl (C=O) groups excluding carboxylic acids is 4. The quantitative estimate of drug-likeness (QED) is 0.140. The van der Waals surface area contributed by atoms with E-state index in [0.717, 1.165) is 0 Å². The third-order valence-corrected chi connectivity index (χ3v) is 5.39. The van der Waals surface area contributed by atoms with Crippen molar-refractivity contribution in [2.45, 2.75) is 70.3 Å². The van der Waals surface area contributed by atoms with E-state index in [9.17, 15) is 39.3 Å². The molecule has 13 heteroatoms. The third-order valence-electron chi connectivity index (χ3n) is 5.39. The van der Waals surface area contributed by atoms with Gasteiger partial charge in [-0.1, -0.05) is 26.0 Å². The standard InChI is InChI=1S/C23H35N5O8/c1-11(2)18(25)21(33)28-19(12(3)29)22(34)26-15(8-9-17(24)31)20(32)27-16(23(35)36)10-13-4-6-14(30)7-5-13/h4-7,11-12,15-16,18-19,29-30H,8-10,25H2,1-3H3,(H2,24,31)(H,26,34)(H,27,32)(H,28,33)(H,35,36). The first-order chi connectivity index (χ1) is 16.7. The number of rotatable bonds is 14. The van der Waals surface area contributed by atoms with E-state index in [0.29, 0.717) is 5.56 Å². The minimum Gasteiger partial charge on any atom is -0.508 e. The van der Waals surface area contributed by atoms with Crippen LogP contribution in [0.5, 0.6) is 5.75 Å². The lowest BCUT2D eigenvalue weighted by atomic mass is 10.0. The first kappa shape index (κ1) is 30.3. The van der Waals surface area contributed by atoms with Crippen LogP contribution in [-0.2, 0) is 30.4 Å². The zero-order valence-electron chi connectivity index (χ0n) is 20.4. The fraction of sp³-hybridized carbons (Fsp3) is 0.522. The molecule has 0 fully saturated rings. The zero-order valence-corrected chi connectivity index (χ0v) is 20.4. The van der Waals surface area contributed by atoms with E-state index in [-0.39, 0.29) is 30.9 Å². The van der Waals surface area contributed by atoms with Crippen molar-refractivity contribution in [3.8, 4) is 5.75 Å². The number of aliphatic hydroxyl groups is 1. The second kappa shape index (κ2) is 14.0. The largest absolute Gasteiger partial charge is 0.508 e. The summed E-state index contributed by atoms with van der Waals surface area (Å²) in [6.45, 7) is 4.65. The highest BCUT2D eigenvalue weighted by atomic mass is 16.4. The summed E-state index contributed by atoms with van der Waals surface area (Å²) in [4.78, 5) is 61.1. The van der Waals surface area contributed by atoms with E-state index in [2.05, 4.69) is 16.0 Å². The van der Waals surface area contributed by atoms with Crippen molar-refractivity contribution in [3.63, 3.8) is 0 Å². The van der Waals surface area contributed by atoms with Crippen molar-refractivity contribution in [2.24, 2.45) is 17.4 Å². The van der Waals surface area contributed by atoms with Gasteiger partial charge < -0.3 is 42.7 Å². The maximum absolute atomic E-state index is 12.9. The summed E-state index contributed by atoms with van der Waals surface area (Å²) < 4.78 is 0. The van der Waals surface area contributed by atoms with Crippen molar-refractivity contribution in [2.75, 3.05) is 0 Å². The van der Waals surface area contributed by atoms with E-state index < -0.39 is 59.9 Å². The van der Waals surface area contributed by atoms with Crippen molar-refractivity contribution >= 4 is 29.6 Å². The van der Waals surface area contributed by atoms with Gasteiger partial charge in [0.25, 0.3) is 0 Å². The number of carboxylic acid groups (broad SMARTS) is 1. The first-order valence-corrected chi connectivity index (χ1v) is 11.4. The molecule has 0 bridgehead atoms. The van der Waals surface area contributed by atoms with Gasteiger partial charge in [-0.15, -0.1) is 0 Å². The van der Waals surface area contributed by atoms with Crippen LogP contribution in [0.25, 0.3) is 0 Å². The summed E-state index contributed by atoms with van der Waals surface area (Å²) in [7, 11) is 0. The second-order valence-electron chi connectivity index (χ2n) is 8.83. The normalized spacial score (nSPS) is 15.2. The summed E-state index contributed by atoms with van der Waals surface area (Å²) in [5.41, 5.74) is 11.5. The zero-order chi connectivity index (χ0) is 27.6. The fourth-order valence-electron chi connectivity index (χ4n) is 3.11. The minimum absolute atomic E-state index is 0.0157. The second-order valence-corrected chi connectivity index (χ2v) is 8.83. The summed E-state index contributed by atoms with van der Waals surface area (Å²) in [6, 6.07) is 0.476. The van der Waals surface area contributed by atoms with Crippen molar-refractivity contribution in [1.82, 2.24) is 16.0 Å². The number of phenols is 1. The van der Waals surface area contributed by atoms with Crippen LogP contribution in [0, 0.1) is 5.92 Å². The molecule has 0 spiro atoms. The number of aliphatic hydroxyl groups excluding tert-OH is 1. The molecule has 1 aromatic rings. The van der Waals surface area contributed by atoms with Crippen LogP contribution in [0.15, 0.2) is 24.3 Å². The Morgan fingerprint density at radius 3 is 1.92 bits per heavy atom.